The van der Waals surface area contributed by atoms with Crippen LogP contribution in [-0.4, -0.2) is 36.7 Å². The maximum Gasteiger partial charge on any atom is 0.252 e. The van der Waals surface area contributed by atoms with Gasteiger partial charge < -0.3 is 20.2 Å². The van der Waals surface area contributed by atoms with Gasteiger partial charge in [0.15, 0.2) is 5.78 Å². The summed E-state index contributed by atoms with van der Waals surface area (Å²) in [6, 6.07) is 17.0. The van der Waals surface area contributed by atoms with Crippen molar-refractivity contribution in [2.75, 3.05) is 5.73 Å². The number of aromatic nitrogens is 4. The van der Waals surface area contributed by atoms with Crippen LogP contribution < -0.4 is 11.1 Å². The number of benzene rings is 2. The quantitative estimate of drug-likeness (QED) is 0.181. The summed E-state index contributed by atoms with van der Waals surface area (Å²) in [6.07, 6.45) is 6.27. The SMILES string of the molecule is CC(=O)/C=C/c1ccc2nc(C3(NC(=O)c4ccc5c(C6CCC(F)(F)CC6)c(-c6cccc(N)n6)n(C)c5c4)CCC3)n(C)c2c1. The van der Waals surface area contributed by atoms with Crippen molar-refractivity contribution < 1.29 is 18.4 Å². The zero-order valence-corrected chi connectivity index (χ0v) is 26.8. The number of alkyl halides is 2. The molecule has 242 valence electrons. The molecule has 7 rings (SSSR count). The highest BCUT2D eigenvalue weighted by Gasteiger charge is 2.44. The third-order valence-corrected chi connectivity index (χ3v) is 10.0. The number of ketones is 1. The minimum atomic E-state index is -2.65. The van der Waals surface area contributed by atoms with E-state index < -0.39 is 11.5 Å². The standard InChI is InChI=1S/C37H38F2N6O2/c1-22(46)8-9-23-10-13-27-30(20-23)45(3)35(42-27)36(16-5-17-36)43-34(47)25-11-12-26-29(21-25)44(2)33(28-6-4-7-31(40)41-28)32(26)24-14-18-37(38,39)19-15-24/h4,6-13,20-21,24H,5,14-19H2,1-3H3,(H2,40,41)(H,43,47)/b9-8+. The molecule has 2 aliphatic carbocycles. The summed E-state index contributed by atoms with van der Waals surface area (Å²) in [5.74, 6) is -1.75. The van der Waals surface area contributed by atoms with Gasteiger partial charge in [-0.25, -0.2) is 18.7 Å². The fourth-order valence-electron chi connectivity index (χ4n) is 7.42. The number of aryl methyl sites for hydroxylation is 2. The minimum absolute atomic E-state index is 0.0204. The Morgan fingerprint density at radius 3 is 2.40 bits per heavy atom. The average Bonchev–Trinajstić information content (AvgIpc) is 3.51. The van der Waals surface area contributed by atoms with Crippen molar-refractivity contribution in [2.45, 2.75) is 69.2 Å². The molecule has 2 saturated carbocycles. The molecule has 0 aliphatic heterocycles. The lowest BCUT2D eigenvalue weighted by Gasteiger charge is -2.41. The van der Waals surface area contributed by atoms with Crippen molar-refractivity contribution >= 4 is 45.5 Å². The van der Waals surface area contributed by atoms with Crippen LogP contribution in [0.15, 0.2) is 60.7 Å². The van der Waals surface area contributed by atoms with Gasteiger partial charge in [0.05, 0.1) is 28.0 Å². The molecule has 0 spiro atoms. The van der Waals surface area contributed by atoms with E-state index in [4.69, 9.17) is 10.7 Å². The smallest absolute Gasteiger partial charge is 0.252 e. The second kappa shape index (κ2) is 11.4. The molecular formula is C37H38F2N6O2. The van der Waals surface area contributed by atoms with Crippen LogP contribution in [0.2, 0.25) is 0 Å². The zero-order chi connectivity index (χ0) is 33.1. The first-order chi connectivity index (χ1) is 22.4. The predicted octanol–water partition coefficient (Wildman–Crippen LogP) is 7.41. The topological polar surface area (TPSA) is 108 Å². The van der Waals surface area contributed by atoms with E-state index in [2.05, 4.69) is 10.3 Å². The monoisotopic (exact) mass is 636 g/mol. The summed E-state index contributed by atoms with van der Waals surface area (Å²) in [7, 11) is 3.89. The Kier molecular flexibility index (Phi) is 7.49. The highest BCUT2D eigenvalue weighted by Crippen LogP contribution is 2.47. The average molecular weight is 637 g/mol. The first-order valence-electron chi connectivity index (χ1n) is 16.2. The van der Waals surface area contributed by atoms with Gasteiger partial charge in [-0.3, -0.25) is 9.59 Å². The van der Waals surface area contributed by atoms with Gasteiger partial charge in [-0.15, -0.1) is 0 Å². The Morgan fingerprint density at radius 2 is 1.72 bits per heavy atom. The highest BCUT2D eigenvalue weighted by atomic mass is 19.3. The minimum Gasteiger partial charge on any atom is -0.384 e. The molecule has 5 aromatic rings. The number of nitrogen functional groups attached to an aromatic ring is 1. The number of allylic oxidation sites excluding steroid dienone is 1. The molecule has 0 atom stereocenters. The molecule has 2 aromatic carbocycles. The molecule has 0 bridgehead atoms. The number of hydrogen-bond donors (Lipinski definition) is 2. The lowest BCUT2D eigenvalue weighted by molar-refractivity contribution is -0.112. The Labute approximate surface area is 271 Å². The Balaban J connectivity index is 1.25. The fraction of sp³-hybridized carbons (Fsp3) is 0.351. The molecule has 3 N–H and O–H groups in total. The summed E-state index contributed by atoms with van der Waals surface area (Å²) in [4.78, 5) is 35.0. The number of halogens is 2. The van der Waals surface area contributed by atoms with E-state index in [9.17, 15) is 18.4 Å². The number of anilines is 1. The summed E-state index contributed by atoms with van der Waals surface area (Å²) >= 11 is 0. The molecule has 0 unspecified atom stereocenters. The van der Waals surface area contributed by atoms with Gasteiger partial charge in [-0.2, -0.15) is 0 Å². The maximum atomic E-state index is 14.2. The lowest BCUT2D eigenvalue weighted by atomic mass is 9.75. The van der Waals surface area contributed by atoms with E-state index >= 15 is 0 Å². The molecule has 2 fully saturated rings. The van der Waals surface area contributed by atoms with Crippen LogP contribution in [0.1, 0.15) is 85.1 Å². The van der Waals surface area contributed by atoms with Crippen LogP contribution in [0.5, 0.6) is 0 Å². The number of imidazole rings is 1. The molecule has 0 radical (unpaired) electrons. The van der Waals surface area contributed by atoms with Gasteiger partial charge in [-0.05, 0) is 98.5 Å². The van der Waals surface area contributed by atoms with Gasteiger partial charge in [-0.1, -0.05) is 24.3 Å². The number of fused-ring (bicyclic) bond motifs is 2. The number of nitrogens with one attached hydrogen (secondary N) is 1. The van der Waals surface area contributed by atoms with E-state index in [0.29, 0.717) is 29.9 Å². The summed E-state index contributed by atoms with van der Waals surface area (Å²) in [5, 5.41) is 4.27. The first kappa shape index (κ1) is 30.8. The van der Waals surface area contributed by atoms with Gasteiger partial charge in [0.2, 0.25) is 5.92 Å². The second-order valence-electron chi connectivity index (χ2n) is 13.2. The normalized spacial score (nSPS) is 17.7. The Hall–Kier alpha value is -4.86. The number of hydrogen-bond acceptors (Lipinski definition) is 5. The van der Waals surface area contributed by atoms with Crippen LogP contribution in [-0.2, 0) is 24.4 Å². The van der Waals surface area contributed by atoms with Crippen molar-refractivity contribution in [3.8, 4) is 11.4 Å². The van der Waals surface area contributed by atoms with Crippen LogP contribution in [0.25, 0.3) is 39.4 Å². The molecule has 0 saturated heterocycles. The molecule has 2 aliphatic rings. The van der Waals surface area contributed by atoms with Crippen molar-refractivity contribution in [1.29, 1.82) is 0 Å². The number of nitrogens with zero attached hydrogens (tertiary/aromatic N) is 4. The highest BCUT2D eigenvalue weighted by molar-refractivity contribution is 6.01. The zero-order valence-electron chi connectivity index (χ0n) is 26.8. The molecule has 10 heteroatoms. The van der Waals surface area contributed by atoms with Gasteiger partial charge >= 0.3 is 0 Å². The van der Waals surface area contributed by atoms with Crippen LogP contribution in [0, 0.1) is 0 Å². The molecular weight excluding hydrogens is 598 g/mol. The van der Waals surface area contributed by atoms with E-state index in [1.165, 1.54) is 6.92 Å². The molecule has 3 heterocycles. The van der Waals surface area contributed by atoms with Crippen LogP contribution in [0.4, 0.5) is 14.6 Å². The van der Waals surface area contributed by atoms with Crippen molar-refractivity contribution in [2.24, 2.45) is 14.1 Å². The summed E-state index contributed by atoms with van der Waals surface area (Å²) in [5.41, 5.74) is 11.9. The second-order valence-corrected chi connectivity index (χ2v) is 13.2. The molecule has 8 nitrogen and oxygen atoms in total. The molecule has 3 aromatic heterocycles. The Bertz CT molecular complexity index is 2080. The number of rotatable bonds is 7. The number of nitrogens with two attached hydrogens (primary N) is 1. The van der Waals surface area contributed by atoms with Crippen molar-refractivity contribution in [3.05, 3.63) is 83.2 Å². The summed E-state index contributed by atoms with van der Waals surface area (Å²) in [6.45, 7) is 1.52. The largest absolute Gasteiger partial charge is 0.384 e. The summed E-state index contributed by atoms with van der Waals surface area (Å²) < 4.78 is 32.4. The number of carbonyl (C=O) groups excluding carboxylic acids is 2. The number of amides is 1. The van der Waals surface area contributed by atoms with E-state index in [1.807, 2.05) is 71.8 Å². The third-order valence-electron chi connectivity index (χ3n) is 10.0. The van der Waals surface area contributed by atoms with Crippen LogP contribution in [0.3, 0.4) is 0 Å². The van der Waals surface area contributed by atoms with Crippen molar-refractivity contribution in [1.82, 2.24) is 24.4 Å². The third kappa shape index (κ3) is 5.49. The number of carbonyl (C=O) groups is 2. The number of pyridine rings is 1. The van der Waals surface area contributed by atoms with Gasteiger partial charge in [0.25, 0.3) is 5.91 Å². The van der Waals surface area contributed by atoms with E-state index in [0.717, 1.165) is 63.8 Å². The van der Waals surface area contributed by atoms with E-state index in [1.54, 1.807) is 18.2 Å². The molecule has 47 heavy (non-hydrogen) atoms. The van der Waals surface area contributed by atoms with Gasteiger partial charge in [0.1, 0.15) is 11.6 Å². The maximum absolute atomic E-state index is 14.2. The van der Waals surface area contributed by atoms with Crippen molar-refractivity contribution in [3.63, 3.8) is 0 Å². The Morgan fingerprint density at radius 1 is 0.957 bits per heavy atom. The van der Waals surface area contributed by atoms with Gasteiger partial charge in [0, 0.05) is 43.4 Å². The lowest BCUT2D eigenvalue weighted by Crippen LogP contribution is -2.52. The first-order valence-corrected chi connectivity index (χ1v) is 16.2. The molecule has 1 amide bonds. The van der Waals surface area contributed by atoms with E-state index in [-0.39, 0.29) is 30.4 Å². The predicted molar refractivity (Wildman–Crippen MR) is 180 cm³/mol. The fourth-order valence-corrected chi connectivity index (χ4v) is 7.42. The van der Waals surface area contributed by atoms with Crippen LogP contribution >= 0.6 is 0 Å².